The van der Waals surface area contributed by atoms with Crippen LogP contribution in [0.5, 0.6) is 5.75 Å². The van der Waals surface area contributed by atoms with Crippen LogP contribution in [0.1, 0.15) is 48.5 Å². The number of ether oxygens (including phenoxy) is 1. The molecule has 0 amide bonds. The van der Waals surface area contributed by atoms with E-state index >= 15 is 0 Å². The monoisotopic (exact) mass is 333 g/mol. The number of para-hydroxylation sites is 1. The molecule has 3 heteroatoms. The molecule has 0 bridgehead atoms. The Morgan fingerprint density at radius 2 is 1.76 bits per heavy atom. The first-order chi connectivity index (χ1) is 12.3. The molecule has 0 fully saturated rings. The molecule has 0 spiro atoms. The summed E-state index contributed by atoms with van der Waals surface area (Å²) in [6.45, 7) is 2.92. The van der Waals surface area contributed by atoms with Gasteiger partial charge in [0, 0.05) is 22.7 Å². The van der Waals surface area contributed by atoms with Crippen LogP contribution in [-0.2, 0) is 0 Å². The minimum absolute atomic E-state index is 0.00750. The second-order valence-corrected chi connectivity index (χ2v) is 6.14. The van der Waals surface area contributed by atoms with E-state index in [9.17, 15) is 4.79 Å². The number of rotatable bonds is 8. The van der Waals surface area contributed by atoms with Crippen molar-refractivity contribution < 1.29 is 9.53 Å². The highest BCUT2D eigenvalue weighted by atomic mass is 16.5. The molecule has 3 aromatic rings. The molecule has 0 radical (unpaired) electrons. The van der Waals surface area contributed by atoms with Crippen molar-refractivity contribution in [3.8, 4) is 5.75 Å². The van der Waals surface area contributed by atoms with Crippen molar-refractivity contribution in [1.82, 2.24) is 4.98 Å². The molecule has 0 N–H and O–H groups in total. The quantitative estimate of drug-likeness (QED) is 0.408. The van der Waals surface area contributed by atoms with Crippen LogP contribution in [0, 0.1) is 0 Å². The zero-order chi connectivity index (χ0) is 17.5. The summed E-state index contributed by atoms with van der Waals surface area (Å²) in [6.07, 6.45) is 6.42. The number of benzene rings is 2. The first-order valence-corrected chi connectivity index (χ1v) is 8.91. The highest BCUT2D eigenvalue weighted by Gasteiger charge is 2.12. The van der Waals surface area contributed by atoms with Gasteiger partial charge in [0.05, 0.1) is 12.1 Å². The number of ketones is 1. The highest BCUT2D eigenvalue weighted by molar-refractivity contribution is 6.15. The number of carbonyl (C=O) groups excluding carboxylic acids is 1. The molecule has 0 saturated carbocycles. The molecule has 0 aliphatic heterocycles. The Bertz CT molecular complexity index is 835. The third kappa shape index (κ3) is 4.24. The van der Waals surface area contributed by atoms with E-state index in [0.717, 1.165) is 29.7 Å². The molecule has 0 atom stereocenters. The van der Waals surface area contributed by atoms with Gasteiger partial charge < -0.3 is 4.74 Å². The number of pyridine rings is 1. The van der Waals surface area contributed by atoms with Gasteiger partial charge in [0.15, 0.2) is 5.78 Å². The summed E-state index contributed by atoms with van der Waals surface area (Å²) in [5, 5.41) is 0.881. The first kappa shape index (κ1) is 17.2. The summed E-state index contributed by atoms with van der Waals surface area (Å²) in [5.41, 5.74) is 2.17. The summed E-state index contributed by atoms with van der Waals surface area (Å²) in [5.74, 6) is 0.820. The Morgan fingerprint density at radius 1 is 0.960 bits per heavy atom. The van der Waals surface area contributed by atoms with E-state index in [0.29, 0.717) is 11.1 Å². The third-order valence-corrected chi connectivity index (χ3v) is 4.28. The Labute approximate surface area is 148 Å². The van der Waals surface area contributed by atoms with Gasteiger partial charge in [-0.25, -0.2) is 0 Å². The maximum absolute atomic E-state index is 12.8. The molecule has 1 heterocycles. The lowest BCUT2D eigenvalue weighted by Crippen LogP contribution is -2.03. The smallest absolute Gasteiger partial charge is 0.193 e. The minimum Gasteiger partial charge on any atom is -0.494 e. The SMILES string of the molecule is CCCCCCOc1ccc(C(=O)c2ccnc3ccccc23)cc1. The van der Waals surface area contributed by atoms with Crippen LogP contribution in [0.3, 0.4) is 0 Å². The molecule has 0 saturated heterocycles. The topological polar surface area (TPSA) is 39.2 Å². The van der Waals surface area contributed by atoms with E-state index in [4.69, 9.17) is 4.74 Å². The van der Waals surface area contributed by atoms with Gasteiger partial charge in [0.2, 0.25) is 0 Å². The van der Waals surface area contributed by atoms with Gasteiger partial charge in [0.25, 0.3) is 0 Å². The van der Waals surface area contributed by atoms with Gasteiger partial charge in [-0.1, -0.05) is 44.4 Å². The van der Waals surface area contributed by atoms with E-state index in [1.165, 1.54) is 19.3 Å². The van der Waals surface area contributed by atoms with Crippen LogP contribution >= 0.6 is 0 Å². The average Bonchev–Trinajstić information content (AvgIpc) is 2.67. The van der Waals surface area contributed by atoms with Crippen molar-refractivity contribution in [2.75, 3.05) is 6.61 Å². The molecule has 25 heavy (non-hydrogen) atoms. The molecule has 0 unspecified atom stereocenters. The van der Waals surface area contributed by atoms with Crippen LogP contribution in [-0.4, -0.2) is 17.4 Å². The third-order valence-electron chi connectivity index (χ3n) is 4.28. The normalized spacial score (nSPS) is 10.8. The Morgan fingerprint density at radius 3 is 2.56 bits per heavy atom. The van der Waals surface area contributed by atoms with Gasteiger partial charge in [-0.05, 0) is 42.8 Å². The molecule has 1 aromatic heterocycles. The lowest BCUT2D eigenvalue weighted by molar-refractivity contribution is 0.104. The Hall–Kier alpha value is -2.68. The maximum atomic E-state index is 12.8. The number of nitrogens with zero attached hydrogens (tertiary/aromatic N) is 1. The number of carbonyl (C=O) groups is 1. The standard InChI is InChI=1S/C22H23NO2/c1-2-3-4-7-16-25-18-12-10-17(11-13-18)22(24)20-14-15-23-21-9-6-5-8-19(20)21/h5-6,8-15H,2-4,7,16H2,1H3. The van der Waals surface area contributed by atoms with Crippen molar-refractivity contribution in [2.24, 2.45) is 0 Å². The lowest BCUT2D eigenvalue weighted by Gasteiger charge is -2.08. The van der Waals surface area contributed by atoms with Crippen molar-refractivity contribution in [3.63, 3.8) is 0 Å². The molecular formula is C22H23NO2. The van der Waals surface area contributed by atoms with Gasteiger partial charge in [-0.2, -0.15) is 0 Å². The van der Waals surface area contributed by atoms with Crippen LogP contribution in [0.4, 0.5) is 0 Å². The number of hydrogen-bond donors (Lipinski definition) is 0. The summed E-state index contributed by atoms with van der Waals surface area (Å²) in [4.78, 5) is 17.2. The zero-order valence-electron chi connectivity index (χ0n) is 14.6. The van der Waals surface area contributed by atoms with E-state index in [-0.39, 0.29) is 5.78 Å². The molecule has 2 aromatic carbocycles. The van der Waals surface area contributed by atoms with E-state index in [2.05, 4.69) is 11.9 Å². The summed E-state index contributed by atoms with van der Waals surface area (Å²) in [7, 11) is 0. The molecule has 0 aliphatic carbocycles. The van der Waals surface area contributed by atoms with Gasteiger partial charge in [0.1, 0.15) is 5.75 Å². The van der Waals surface area contributed by atoms with Crippen molar-refractivity contribution in [2.45, 2.75) is 32.6 Å². The van der Waals surface area contributed by atoms with Gasteiger partial charge >= 0.3 is 0 Å². The van der Waals surface area contributed by atoms with Crippen LogP contribution < -0.4 is 4.74 Å². The second kappa shape index (κ2) is 8.43. The first-order valence-electron chi connectivity index (χ1n) is 8.91. The van der Waals surface area contributed by atoms with Crippen LogP contribution in [0.2, 0.25) is 0 Å². The predicted molar refractivity (Wildman–Crippen MR) is 101 cm³/mol. The Kier molecular flexibility index (Phi) is 5.78. The highest BCUT2D eigenvalue weighted by Crippen LogP contribution is 2.21. The lowest BCUT2D eigenvalue weighted by atomic mass is 10.00. The van der Waals surface area contributed by atoms with Gasteiger partial charge in [-0.15, -0.1) is 0 Å². The van der Waals surface area contributed by atoms with E-state index in [1.54, 1.807) is 12.3 Å². The molecular weight excluding hydrogens is 310 g/mol. The van der Waals surface area contributed by atoms with E-state index < -0.39 is 0 Å². The van der Waals surface area contributed by atoms with E-state index in [1.807, 2.05) is 48.5 Å². The van der Waals surface area contributed by atoms with Crippen LogP contribution in [0.15, 0.2) is 60.8 Å². The number of hydrogen-bond acceptors (Lipinski definition) is 3. The largest absolute Gasteiger partial charge is 0.494 e. The zero-order valence-corrected chi connectivity index (χ0v) is 14.6. The Balaban J connectivity index is 1.70. The van der Waals surface area contributed by atoms with Crippen molar-refractivity contribution >= 4 is 16.7 Å². The summed E-state index contributed by atoms with van der Waals surface area (Å²) < 4.78 is 5.74. The number of fused-ring (bicyclic) bond motifs is 1. The fourth-order valence-corrected chi connectivity index (χ4v) is 2.87. The van der Waals surface area contributed by atoms with Crippen molar-refractivity contribution in [1.29, 1.82) is 0 Å². The van der Waals surface area contributed by atoms with Gasteiger partial charge in [-0.3, -0.25) is 9.78 Å². The molecule has 128 valence electrons. The molecule has 3 nitrogen and oxygen atoms in total. The average molecular weight is 333 g/mol. The second-order valence-electron chi connectivity index (χ2n) is 6.14. The van der Waals surface area contributed by atoms with Crippen molar-refractivity contribution in [3.05, 3.63) is 71.9 Å². The minimum atomic E-state index is 0.00750. The molecule has 3 rings (SSSR count). The summed E-state index contributed by atoms with van der Waals surface area (Å²) in [6, 6.07) is 16.9. The fourth-order valence-electron chi connectivity index (χ4n) is 2.87. The number of unbranched alkanes of at least 4 members (excludes halogenated alkanes) is 3. The fraction of sp³-hybridized carbons (Fsp3) is 0.273. The predicted octanol–water partition coefficient (Wildman–Crippen LogP) is 5.42. The number of aromatic nitrogens is 1. The maximum Gasteiger partial charge on any atom is 0.193 e. The van der Waals surface area contributed by atoms with Crippen LogP contribution in [0.25, 0.3) is 10.9 Å². The molecule has 0 aliphatic rings. The summed E-state index contributed by atoms with van der Waals surface area (Å²) >= 11 is 0.